The molecule has 5 heteroatoms. The molecule has 1 aliphatic carbocycles. The smallest absolute Gasteiger partial charge is 0.247 e. The average molecular weight is 242 g/mol. The number of amides is 1. The number of nitrogens with two attached hydrogens (primary N) is 1. The minimum Gasteiger partial charge on any atom is -0.384 e. The van der Waals surface area contributed by atoms with E-state index in [2.05, 4.69) is 11.1 Å². The highest BCUT2D eigenvalue weighted by molar-refractivity contribution is 6.02. The summed E-state index contributed by atoms with van der Waals surface area (Å²) < 4.78 is 0. The molecule has 1 atom stereocenters. The minimum atomic E-state index is -0.794. The molecule has 5 nitrogen and oxygen atoms in total. The SMILES string of the molecule is N#CC1(C2CC2)CCN(c2ccnc(N)c2)C1=O. The molecule has 1 aromatic heterocycles. The number of carbonyl (C=O) groups excluding carboxylic acids is 1. The fourth-order valence-electron chi connectivity index (χ4n) is 2.74. The molecule has 1 aromatic rings. The Bertz CT molecular complexity index is 546. The molecule has 0 radical (unpaired) electrons. The summed E-state index contributed by atoms with van der Waals surface area (Å²) in [5.41, 5.74) is 5.58. The molecular formula is C13H14N4O. The average Bonchev–Trinajstić information content (AvgIpc) is 3.15. The highest BCUT2D eigenvalue weighted by Crippen LogP contribution is 2.51. The third-order valence-electron chi connectivity index (χ3n) is 3.91. The number of nitrogen functional groups attached to an aromatic ring is 1. The van der Waals surface area contributed by atoms with Crippen LogP contribution in [0.5, 0.6) is 0 Å². The van der Waals surface area contributed by atoms with Gasteiger partial charge in [-0.2, -0.15) is 5.26 Å². The summed E-state index contributed by atoms with van der Waals surface area (Å²) in [4.78, 5) is 18.1. The van der Waals surface area contributed by atoms with E-state index in [0.717, 1.165) is 18.5 Å². The summed E-state index contributed by atoms with van der Waals surface area (Å²) in [5.74, 6) is 0.568. The highest BCUT2D eigenvalue weighted by Gasteiger charge is 2.56. The van der Waals surface area contributed by atoms with Gasteiger partial charge in [0.05, 0.1) is 6.07 Å². The van der Waals surface area contributed by atoms with E-state index in [1.54, 1.807) is 23.2 Å². The molecule has 1 saturated heterocycles. The maximum atomic E-state index is 12.5. The highest BCUT2D eigenvalue weighted by atomic mass is 16.2. The second-order valence-corrected chi connectivity index (χ2v) is 5.00. The third kappa shape index (κ3) is 1.46. The van der Waals surface area contributed by atoms with Gasteiger partial charge in [0.25, 0.3) is 0 Å². The van der Waals surface area contributed by atoms with Crippen molar-refractivity contribution < 1.29 is 4.79 Å². The van der Waals surface area contributed by atoms with Crippen molar-refractivity contribution in [2.45, 2.75) is 19.3 Å². The molecule has 1 amide bonds. The molecule has 2 N–H and O–H groups in total. The zero-order valence-corrected chi connectivity index (χ0v) is 9.97. The molecule has 0 bridgehead atoms. The van der Waals surface area contributed by atoms with Gasteiger partial charge in [0.2, 0.25) is 5.91 Å². The first-order valence-corrected chi connectivity index (χ1v) is 6.12. The van der Waals surface area contributed by atoms with Crippen LogP contribution in [0, 0.1) is 22.7 Å². The second-order valence-electron chi connectivity index (χ2n) is 5.00. The van der Waals surface area contributed by atoms with Gasteiger partial charge in [-0.25, -0.2) is 4.98 Å². The van der Waals surface area contributed by atoms with Crippen molar-refractivity contribution in [2.24, 2.45) is 11.3 Å². The van der Waals surface area contributed by atoms with Crippen LogP contribution in [-0.4, -0.2) is 17.4 Å². The second kappa shape index (κ2) is 3.70. The predicted molar refractivity (Wildman–Crippen MR) is 66.4 cm³/mol. The van der Waals surface area contributed by atoms with Crippen LogP contribution >= 0.6 is 0 Å². The standard InChI is InChI=1S/C13H14N4O/c14-8-13(9-1-2-9)4-6-17(12(13)18)10-3-5-16-11(15)7-10/h3,5,7,9H,1-2,4,6H2,(H2,15,16). The predicted octanol–water partition coefficient (Wildman–Crippen LogP) is 1.32. The van der Waals surface area contributed by atoms with Crippen LogP contribution in [0.2, 0.25) is 0 Å². The molecule has 2 aliphatic rings. The number of anilines is 2. The Hall–Kier alpha value is -2.09. The number of pyridine rings is 1. The van der Waals surface area contributed by atoms with Crippen LogP contribution in [0.15, 0.2) is 18.3 Å². The summed E-state index contributed by atoms with van der Waals surface area (Å²) >= 11 is 0. The van der Waals surface area contributed by atoms with Gasteiger partial charge < -0.3 is 10.6 Å². The molecule has 2 heterocycles. The summed E-state index contributed by atoms with van der Waals surface area (Å²) in [7, 11) is 0. The van der Waals surface area contributed by atoms with Crippen molar-refractivity contribution in [3.63, 3.8) is 0 Å². The first kappa shape index (κ1) is 11.0. The number of rotatable bonds is 2. The maximum Gasteiger partial charge on any atom is 0.247 e. The minimum absolute atomic E-state index is 0.0712. The summed E-state index contributed by atoms with van der Waals surface area (Å²) in [6.07, 6.45) is 4.19. The Morgan fingerprint density at radius 3 is 2.94 bits per heavy atom. The third-order valence-corrected chi connectivity index (χ3v) is 3.91. The molecule has 0 spiro atoms. The number of hydrogen-bond donors (Lipinski definition) is 1. The van der Waals surface area contributed by atoms with Crippen molar-refractivity contribution in [1.82, 2.24) is 4.98 Å². The summed E-state index contributed by atoms with van der Waals surface area (Å²) in [6, 6.07) is 5.70. The molecule has 0 aromatic carbocycles. The van der Waals surface area contributed by atoms with Gasteiger partial charge in [-0.05, 0) is 31.2 Å². The molecular weight excluding hydrogens is 228 g/mol. The van der Waals surface area contributed by atoms with Crippen molar-refractivity contribution in [2.75, 3.05) is 17.2 Å². The van der Waals surface area contributed by atoms with Crippen molar-refractivity contribution in [3.8, 4) is 6.07 Å². The molecule has 3 rings (SSSR count). The van der Waals surface area contributed by atoms with Gasteiger partial charge in [-0.3, -0.25) is 4.79 Å². The van der Waals surface area contributed by atoms with E-state index in [4.69, 9.17) is 5.73 Å². The first-order chi connectivity index (χ1) is 8.67. The lowest BCUT2D eigenvalue weighted by Crippen LogP contribution is -2.35. The van der Waals surface area contributed by atoms with Gasteiger partial charge in [0.15, 0.2) is 0 Å². The van der Waals surface area contributed by atoms with Crippen molar-refractivity contribution >= 4 is 17.4 Å². The fourth-order valence-corrected chi connectivity index (χ4v) is 2.74. The van der Waals surface area contributed by atoms with Crippen LogP contribution in [0.4, 0.5) is 11.5 Å². The summed E-state index contributed by atoms with van der Waals surface area (Å²) in [5, 5.41) is 9.38. The molecule has 1 aliphatic heterocycles. The Morgan fingerprint density at radius 2 is 2.33 bits per heavy atom. The number of nitriles is 1. The Morgan fingerprint density at radius 1 is 1.56 bits per heavy atom. The number of hydrogen-bond acceptors (Lipinski definition) is 4. The maximum absolute atomic E-state index is 12.5. The Kier molecular flexibility index (Phi) is 2.27. The van der Waals surface area contributed by atoms with Crippen LogP contribution in [-0.2, 0) is 4.79 Å². The first-order valence-electron chi connectivity index (χ1n) is 6.12. The Balaban J connectivity index is 1.93. The molecule has 92 valence electrons. The van der Waals surface area contributed by atoms with E-state index in [-0.39, 0.29) is 11.8 Å². The zero-order valence-electron chi connectivity index (χ0n) is 9.97. The van der Waals surface area contributed by atoms with Gasteiger partial charge in [-0.15, -0.1) is 0 Å². The normalized spacial score (nSPS) is 27.3. The van der Waals surface area contributed by atoms with E-state index in [1.807, 2.05) is 0 Å². The van der Waals surface area contributed by atoms with Gasteiger partial charge in [-0.1, -0.05) is 0 Å². The van der Waals surface area contributed by atoms with Gasteiger partial charge in [0.1, 0.15) is 11.2 Å². The molecule has 18 heavy (non-hydrogen) atoms. The quantitative estimate of drug-likeness (QED) is 0.847. The zero-order chi connectivity index (χ0) is 12.8. The number of aromatic nitrogens is 1. The number of carbonyl (C=O) groups is 1. The number of nitrogens with zero attached hydrogens (tertiary/aromatic N) is 3. The molecule has 1 unspecified atom stereocenters. The lowest BCUT2D eigenvalue weighted by Gasteiger charge is -2.20. The molecule has 2 fully saturated rings. The van der Waals surface area contributed by atoms with Gasteiger partial charge >= 0.3 is 0 Å². The van der Waals surface area contributed by atoms with Gasteiger partial charge in [0, 0.05) is 24.5 Å². The van der Waals surface area contributed by atoms with E-state index in [0.29, 0.717) is 18.8 Å². The van der Waals surface area contributed by atoms with Crippen LogP contribution in [0.25, 0.3) is 0 Å². The largest absolute Gasteiger partial charge is 0.384 e. The fraction of sp³-hybridized carbons (Fsp3) is 0.462. The topological polar surface area (TPSA) is 83.0 Å². The Labute approximate surface area is 105 Å². The van der Waals surface area contributed by atoms with Crippen LogP contribution in [0.1, 0.15) is 19.3 Å². The van der Waals surface area contributed by atoms with E-state index >= 15 is 0 Å². The van der Waals surface area contributed by atoms with E-state index < -0.39 is 5.41 Å². The van der Waals surface area contributed by atoms with Crippen molar-refractivity contribution in [1.29, 1.82) is 5.26 Å². The van der Waals surface area contributed by atoms with Crippen molar-refractivity contribution in [3.05, 3.63) is 18.3 Å². The molecule has 1 saturated carbocycles. The van der Waals surface area contributed by atoms with Crippen LogP contribution in [0.3, 0.4) is 0 Å². The van der Waals surface area contributed by atoms with E-state index in [9.17, 15) is 10.1 Å². The summed E-state index contributed by atoms with van der Waals surface area (Å²) in [6.45, 7) is 0.590. The van der Waals surface area contributed by atoms with Crippen LogP contribution < -0.4 is 10.6 Å². The monoisotopic (exact) mass is 242 g/mol. The van der Waals surface area contributed by atoms with E-state index in [1.165, 1.54) is 0 Å². The lowest BCUT2D eigenvalue weighted by atomic mass is 9.83. The lowest BCUT2D eigenvalue weighted by molar-refractivity contribution is -0.123.